The lowest BCUT2D eigenvalue weighted by atomic mass is 9.97. The number of hydrogen-bond donors (Lipinski definition) is 0. The molecular formula is C17H23NO. The predicted molar refractivity (Wildman–Crippen MR) is 78.5 cm³/mol. The molecule has 2 nitrogen and oxygen atoms in total. The number of nitrogens with zero attached hydrogens (tertiary/aromatic N) is 1. The van der Waals surface area contributed by atoms with Gasteiger partial charge >= 0.3 is 0 Å². The number of aromatic nitrogens is 1. The van der Waals surface area contributed by atoms with Crippen molar-refractivity contribution >= 4 is 0 Å². The van der Waals surface area contributed by atoms with Gasteiger partial charge in [0, 0.05) is 11.8 Å². The third-order valence-electron chi connectivity index (χ3n) is 3.12. The molecule has 2 heteroatoms. The molecule has 0 fully saturated rings. The van der Waals surface area contributed by atoms with Crippen LogP contribution in [-0.2, 0) is 11.8 Å². The summed E-state index contributed by atoms with van der Waals surface area (Å²) in [6.07, 6.45) is 0.817. The van der Waals surface area contributed by atoms with Crippen LogP contribution >= 0.6 is 0 Å². The summed E-state index contributed by atoms with van der Waals surface area (Å²) in [5.41, 5.74) is 2.31. The highest BCUT2D eigenvalue weighted by Crippen LogP contribution is 2.29. The molecule has 1 heterocycles. The summed E-state index contributed by atoms with van der Waals surface area (Å²) in [5.74, 6) is 2.23. The van der Waals surface area contributed by atoms with E-state index in [0.717, 1.165) is 23.8 Å². The van der Waals surface area contributed by atoms with Crippen LogP contribution < -0.4 is 0 Å². The summed E-state index contributed by atoms with van der Waals surface area (Å²) in [6, 6.07) is 10.4. The van der Waals surface area contributed by atoms with Crippen molar-refractivity contribution in [2.45, 2.75) is 52.4 Å². The van der Waals surface area contributed by atoms with E-state index in [-0.39, 0.29) is 5.41 Å². The molecule has 0 aliphatic carbocycles. The fourth-order valence-corrected chi connectivity index (χ4v) is 2.04. The van der Waals surface area contributed by atoms with Crippen LogP contribution in [0.4, 0.5) is 0 Å². The van der Waals surface area contributed by atoms with E-state index in [4.69, 9.17) is 9.40 Å². The zero-order valence-corrected chi connectivity index (χ0v) is 12.5. The monoisotopic (exact) mass is 257 g/mol. The summed E-state index contributed by atoms with van der Waals surface area (Å²) in [6.45, 7) is 10.7. The van der Waals surface area contributed by atoms with Gasteiger partial charge in [0.25, 0.3) is 0 Å². The molecule has 0 bridgehead atoms. The van der Waals surface area contributed by atoms with E-state index in [2.05, 4.69) is 58.9 Å². The molecule has 0 saturated carbocycles. The van der Waals surface area contributed by atoms with Crippen LogP contribution in [-0.4, -0.2) is 4.98 Å². The van der Waals surface area contributed by atoms with E-state index in [0.29, 0.717) is 5.92 Å². The van der Waals surface area contributed by atoms with E-state index in [1.807, 2.05) is 6.07 Å². The molecule has 0 unspecified atom stereocenters. The lowest BCUT2D eigenvalue weighted by Crippen LogP contribution is -2.11. The van der Waals surface area contributed by atoms with Crippen LogP contribution in [0, 0.1) is 0 Å². The first kappa shape index (κ1) is 13.9. The Balaban J connectivity index is 2.36. The van der Waals surface area contributed by atoms with Gasteiger partial charge < -0.3 is 4.42 Å². The summed E-state index contributed by atoms with van der Waals surface area (Å²) >= 11 is 0. The van der Waals surface area contributed by atoms with Gasteiger partial charge in [-0.15, -0.1) is 0 Å². The molecular weight excluding hydrogens is 234 g/mol. The van der Waals surface area contributed by atoms with Crippen molar-refractivity contribution in [1.29, 1.82) is 0 Å². The second-order valence-corrected chi connectivity index (χ2v) is 6.39. The Morgan fingerprint density at radius 3 is 2.26 bits per heavy atom. The van der Waals surface area contributed by atoms with Crippen LogP contribution in [0.5, 0.6) is 0 Å². The quantitative estimate of drug-likeness (QED) is 0.797. The lowest BCUT2D eigenvalue weighted by Gasteiger charge is -2.12. The third kappa shape index (κ3) is 3.25. The van der Waals surface area contributed by atoms with Crippen LogP contribution in [0.15, 0.2) is 34.7 Å². The molecule has 0 spiro atoms. The molecule has 1 aromatic heterocycles. The Kier molecular flexibility index (Phi) is 3.79. The first-order valence-corrected chi connectivity index (χ1v) is 6.92. The maximum atomic E-state index is 6.03. The third-order valence-corrected chi connectivity index (χ3v) is 3.12. The minimum Gasteiger partial charge on any atom is -0.444 e. The second-order valence-electron chi connectivity index (χ2n) is 6.39. The molecule has 2 aromatic rings. The van der Waals surface area contributed by atoms with E-state index in [9.17, 15) is 0 Å². The first-order valence-electron chi connectivity index (χ1n) is 6.92. The highest BCUT2D eigenvalue weighted by molar-refractivity contribution is 5.25. The molecule has 0 N–H and O–H groups in total. The number of rotatable bonds is 3. The molecule has 19 heavy (non-hydrogen) atoms. The molecule has 0 radical (unpaired) electrons. The topological polar surface area (TPSA) is 26.0 Å². The number of oxazole rings is 1. The molecule has 0 amide bonds. The van der Waals surface area contributed by atoms with E-state index in [1.54, 1.807) is 0 Å². The Labute approximate surface area is 115 Å². The zero-order chi connectivity index (χ0) is 14.0. The molecule has 102 valence electrons. The van der Waals surface area contributed by atoms with Crippen LogP contribution in [0.2, 0.25) is 0 Å². The second kappa shape index (κ2) is 5.20. The van der Waals surface area contributed by atoms with Crippen molar-refractivity contribution in [3.8, 4) is 0 Å². The SMILES string of the molecule is CC(C)c1nc(C(C)(C)C)oc1Cc1ccccc1. The van der Waals surface area contributed by atoms with E-state index >= 15 is 0 Å². The van der Waals surface area contributed by atoms with E-state index in [1.165, 1.54) is 5.56 Å². The van der Waals surface area contributed by atoms with Gasteiger partial charge in [-0.2, -0.15) is 0 Å². The first-order chi connectivity index (χ1) is 8.88. The van der Waals surface area contributed by atoms with Gasteiger partial charge in [0.2, 0.25) is 0 Å². The molecule has 0 atom stereocenters. The van der Waals surface area contributed by atoms with Crippen molar-refractivity contribution in [3.63, 3.8) is 0 Å². The minimum absolute atomic E-state index is 0.0431. The van der Waals surface area contributed by atoms with Gasteiger partial charge in [-0.25, -0.2) is 4.98 Å². The Bertz CT molecular complexity index is 532. The maximum absolute atomic E-state index is 6.03. The van der Waals surface area contributed by atoms with Gasteiger partial charge in [0.1, 0.15) is 5.76 Å². The van der Waals surface area contributed by atoms with Crippen molar-refractivity contribution in [3.05, 3.63) is 53.2 Å². The minimum atomic E-state index is -0.0431. The number of benzene rings is 1. The molecule has 1 aromatic carbocycles. The molecule has 0 saturated heterocycles. The smallest absolute Gasteiger partial charge is 0.200 e. The summed E-state index contributed by atoms with van der Waals surface area (Å²) < 4.78 is 6.03. The van der Waals surface area contributed by atoms with Gasteiger partial charge in [-0.3, -0.25) is 0 Å². The standard InChI is InChI=1S/C17H23NO/c1-12(2)15-14(11-13-9-7-6-8-10-13)19-16(18-15)17(3,4)5/h6-10,12H,11H2,1-5H3. The van der Waals surface area contributed by atoms with Gasteiger partial charge in [-0.1, -0.05) is 65.0 Å². The van der Waals surface area contributed by atoms with Gasteiger partial charge in [0.05, 0.1) is 5.69 Å². The van der Waals surface area contributed by atoms with Crippen molar-refractivity contribution in [2.24, 2.45) is 0 Å². The van der Waals surface area contributed by atoms with Crippen molar-refractivity contribution in [2.75, 3.05) is 0 Å². The Morgan fingerprint density at radius 2 is 1.74 bits per heavy atom. The maximum Gasteiger partial charge on any atom is 0.200 e. The molecule has 2 rings (SSSR count). The summed E-state index contributed by atoms with van der Waals surface area (Å²) in [7, 11) is 0. The highest BCUT2D eigenvalue weighted by atomic mass is 16.4. The Hall–Kier alpha value is -1.57. The Morgan fingerprint density at radius 1 is 1.11 bits per heavy atom. The highest BCUT2D eigenvalue weighted by Gasteiger charge is 2.24. The average molecular weight is 257 g/mol. The fraction of sp³-hybridized carbons (Fsp3) is 0.471. The zero-order valence-electron chi connectivity index (χ0n) is 12.5. The van der Waals surface area contributed by atoms with Crippen molar-refractivity contribution in [1.82, 2.24) is 4.98 Å². The summed E-state index contributed by atoms with van der Waals surface area (Å²) in [5, 5.41) is 0. The summed E-state index contributed by atoms with van der Waals surface area (Å²) in [4.78, 5) is 4.71. The van der Waals surface area contributed by atoms with E-state index < -0.39 is 0 Å². The fourth-order valence-electron chi connectivity index (χ4n) is 2.04. The molecule has 0 aliphatic heterocycles. The average Bonchev–Trinajstić information content (AvgIpc) is 2.74. The predicted octanol–water partition coefficient (Wildman–Crippen LogP) is 4.69. The van der Waals surface area contributed by atoms with Crippen LogP contribution in [0.3, 0.4) is 0 Å². The normalized spacial score (nSPS) is 12.1. The van der Waals surface area contributed by atoms with Gasteiger partial charge in [0.15, 0.2) is 5.89 Å². The van der Waals surface area contributed by atoms with Gasteiger partial charge in [-0.05, 0) is 11.5 Å². The molecule has 0 aliphatic rings. The largest absolute Gasteiger partial charge is 0.444 e. The van der Waals surface area contributed by atoms with Crippen LogP contribution in [0.1, 0.15) is 63.4 Å². The van der Waals surface area contributed by atoms with Crippen LogP contribution in [0.25, 0.3) is 0 Å². The lowest BCUT2D eigenvalue weighted by molar-refractivity contribution is 0.375. The number of hydrogen-bond acceptors (Lipinski definition) is 2. The van der Waals surface area contributed by atoms with Crippen molar-refractivity contribution < 1.29 is 4.42 Å².